The fourth-order valence-corrected chi connectivity index (χ4v) is 9.59. The van der Waals surface area contributed by atoms with Crippen molar-refractivity contribution in [2.24, 2.45) is 5.92 Å². The first kappa shape index (κ1) is 32.3. The number of hydrogen-bond acceptors (Lipinski definition) is 2. The van der Waals surface area contributed by atoms with Gasteiger partial charge in [0.05, 0.1) is 0 Å². The number of rotatable bonds is 6. The Labute approximate surface area is 309 Å². The Balaban J connectivity index is 1.16. The number of para-hydroxylation sites is 4. The SMILES string of the molecule is Cc1cc(N(c2ccccc2)c2ccccc2)cc2c1C1=CC3C(C=C1C2(C)C)c1c(C)cc(N(c2ccccc2)c2ccccc2)cc1C3(C)C. The molecule has 2 heteroatoms. The lowest BCUT2D eigenvalue weighted by atomic mass is 9.70. The van der Waals surface area contributed by atoms with E-state index in [0.29, 0.717) is 11.8 Å². The first-order valence-electron chi connectivity index (χ1n) is 18.7. The molecule has 52 heavy (non-hydrogen) atoms. The number of benzene rings is 6. The van der Waals surface area contributed by atoms with Crippen LogP contribution in [0.25, 0.3) is 5.57 Å². The van der Waals surface area contributed by atoms with Crippen LogP contribution >= 0.6 is 0 Å². The average Bonchev–Trinajstić information content (AvgIpc) is 3.52. The highest BCUT2D eigenvalue weighted by atomic mass is 15.1. The molecule has 2 atom stereocenters. The summed E-state index contributed by atoms with van der Waals surface area (Å²) < 4.78 is 0. The number of anilines is 6. The van der Waals surface area contributed by atoms with Crippen LogP contribution in [0, 0.1) is 19.8 Å². The maximum atomic E-state index is 2.66. The van der Waals surface area contributed by atoms with Crippen molar-refractivity contribution in [2.75, 3.05) is 9.80 Å². The second kappa shape index (κ2) is 12.0. The minimum Gasteiger partial charge on any atom is -0.310 e. The van der Waals surface area contributed by atoms with E-state index < -0.39 is 0 Å². The lowest BCUT2D eigenvalue weighted by Gasteiger charge is -2.34. The first-order chi connectivity index (χ1) is 25.1. The topological polar surface area (TPSA) is 6.48 Å². The molecule has 0 saturated carbocycles. The third kappa shape index (κ3) is 4.92. The van der Waals surface area contributed by atoms with Crippen molar-refractivity contribution in [1.29, 1.82) is 0 Å². The zero-order chi connectivity index (χ0) is 35.8. The molecule has 6 aromatic rings. The molecule has 0 heterocycles. The molecule has 3 aliphatic carbocycles. The molecule has 0 N–H and O–H groups in total. The summed E-state index contributed by atoms with van der Waals surface area (Å²) in [4.78, 5) is 4.81. The number of allylic oxidation sites excluding steroid dienone is 4. The summed E-state index contributed by atoms with van der Waals surface area (Å²) in [7, 11) is 0. The largest absolute Gasteiger partial charge is 0.310 e. The fraction of sp³-hybridized carbons (Fsp3) is 0.200. The van der Waals surface area contributed by atoms with E-state index in [1.165, 1.54) is 78.7 Å². The van der Waals surface area contributed by atoms with E-state index in [4.69, 9.17) is 0 Å². The fourth-order valence-electron chi connectivity index (χ4n) is 9.59. The predicted molar refractivity (Wildman–Crippen MR) is 220 cm³/mol. The molecule has 2 unspecified atom stereocenters. The van der Waals surface area contributed by atoms with Gasteiger partial charge in [0.2, 0.25) is 0 Å². The molecule has 0 amide bonds. The van der Waals surface area contributed by atoms with E-state index in [9.17, 15) is 0 Å². The molecule has 0 fully saturated rings. The van der Waals surface area contributed by atoms with Gasteiger partial charge in [0.25, 0.3) is 0 Å². The highest BCUT2D eigenvalue weighted by molar-refractivity contribution is 5.94. The van der Waals surface area contributed by atoms with Gasteiger partial charge in [-0.15, -0.1) is 0 Å². The van der Waals surface area contributed by atoms with Crippen LogP contribution in [0.2, 0.25) is 0 Å². The van der Waals surface area contributed by atoms with Gasteiger partial charge < -0.3 is 9.80 Å². The van der Waals surface area contributed by atoms with E-state index in [2.05, 4.69) is 209 Å². The molecule has 0 radical (unpaired) electrons. The summed E-state index contributed by atoms with van der Waals surface area (Å²) in [5.74, 6) is 0.696. The second-order valence-corrected chi connectivity index (χ2v) is 16.0. The monoisotopic (exact) mass is 674 g/mol. The van der Waals surface area contributed by atoms with Crippen LogP contribution in [-0.4, -0.2) is 0 Å². The highest BCUT2D eigenvalue weighted by Gasteiger charge is 2.51. The summed E-state index contributed by atoms with van der Waals surface area (Å²) in [5.41, 5.74) is 18.3. The van der Waals surface area contributed by atoms with Gasteiger partial charge in [0, 0.05) is 45.5 Å². The normalized spacial score (nSPS) is 18.7. The van der Waals surface area contributed by atoms with Crippen molar-refractivity contribution in [3.05, 3.63) is 197 Å². The molecular formula is C50H46N2. The van der Waals surface area contributed by atoms with Gasteiger partial charge in [-0.1, -0.05) is 113 Å². The molecule has 2 nitrogen and oxygen atoms in total. The number of hydrogen-bond donors (Lipinski definition) is 0. The smallest absolute Gasteiger partial charge is 0.0467 e. The Morgan fingerprint density at radius 1 is 0.462 bits per heavy atom. The second-order valence-electron chi connectivity index (χ2n) is 16.0. The van der Waals surface area contributed by atoms with Crippen LogP contribution in [0.1, 0.15) is 67.0 Å². The van der Waals surface area contributed by atoms with Crippen molar-refractivity contribution in [2.45, 2.75) is 58.3 Å². The van der Waals surface area contributed by atoms with E-state index in [1.54, 1.807) is 0 Å². The maximum Gasteiger partial charge on any atom is 0.0467 e. The molecule has 3 aliphatic rings. The van der Waals surface area contributed by atoms with Crippen LogP contribution in [0.4, 0.5) is 34.1 Å². The molecule has 0 aromatic heterocycles. The van der Waals surface area contributed by atoms with Crippen molar-refractivity contribution in [3.8, 4) is 0 Å². The molecule has 6 aromatic carbocycles. The Hall–Kier alpha value is -5.60. The predicted octanol–water partition coefficient (Wildman–Crippen LogP) is 13.5. The Bertz CT molecular complexity index is 2290. The average molecular weight is 675 g/mol. The lowest BCUT2D eigenvalue weighted by Crippen LogP contribution is -2.27. The first-order valence-corrected chi connectivity index (χ1v) is 18.7. The lowest BCUT2D eigenvalue weighted by molar-refractivity contribution is 0.393. The van der Waals surface area contributed by atoms with Crippen LogP contribution in [0.5, 0.6) is 0 Å². The molecule has 0 spiro atoms. The van der Waals surface area contributed by atoms with E-state index in [0.717, 1.165) is 0 Å². The van der Waals surface area contributed by atoms with E-state index in [1.807, 2.05) is 0 Å². The Kier molecular flexibility index (Phi) is 7.45. The zero-order valence-corrected chi connectivity index (χ0v) is 31.1. The highest BCUT2D eigenvalue weighted by Crippen LogP contribution is 2.62. The van der Waals surface area contributed by atoms with Gasteiger partial charge in [-0.05, 0) is 143 Å². The van der Waals surface area contributed by atoms with Crippen LogP contribution < -0.4 is 9.80 Å². The minimum atomic E-state index is -0.135. The summed E-state index contributed by atoms with van der Waals surface area (Å²) in [6, 6.07) is 52.9. The van der Waals surface area contributed by atoms with Crippen LogP contribution in [0.15, 0.2) is 163 Å². The van der Waals surface area contributed by atoms with Gasteiger partial charge in [-0.25, -0.2) is 0 Å². The third-order valence-electron chi connectivity index (χ3n) is 12.1. The summed E-state index contributed by atoms with van der Waals surface area (Å²) >= 11 is 0. The number of nitrogens with zero attached hydrogens (tertiary/aromatic N) is 2. The van der Waals surface area contributed by atoms with Crippen molar-refractivity contribution >= 4 is 39.7 Å². The van der Waals surface area contributed by atoms with Gasteiger partial charge in [-0.3, -0.25) is 0 Å². The third-order valence-corrected chi connectivity index (χ3v) is 12.1. The molecule has 0 aliphatic heterocycles. The van der Waals surface area contributed by atoms with Gasteiger partial charge >= 0.3 is 0 Å². The van der Waals surface area contributed by atoms with Crippen molar-refractivity contribution in [3.63, 3.8) is 0 Å². The maximum absolute atomic E-state index is 2.66. The van der Waals surface area contributed by atoms with Gasteiger partial charge in [0.1, 0.15) is 0 Å². The quantitative estimate of drug-likeness (QED) is 0.173. The Morgan fingerprint density at radius 3 is 1.35 bits per heavy atom. The Morgan fingerprint density at radius 2 is 0.885 bits per heavy atom. The zero-order valence-electron chi connectivity index (χ0n) is 31.1. The van der Waals surface area contributed by atoms with Crippen LogP contribution in [0.3, 0.4) is 0 Å². The minimum absolute atomic E-state index is 0.0486. The van der Waals surface area contributed by atoms with Crippen molar-refractivity contribution < 1.29 is 0 Å². The summed E-state index contributed by atoms with van der Waals surface area (Å²) in [6.45, 7) is 14.5. The van der Waals surface area contributed by atoms with Crippen LogP contribution in [-0.2, 0) is 10.8 Å². The molecule has 9 rings (SSSR count). The van der Waals surface area contributed by atoms with E-state index >= 15 is 0 Å². The van der Waals surface area contributed by atoms with Gasteiger partial charge in [-0.2, -0.15) is 0 Å². The molecule has 256 valence electrons. The summed E-state index contributed by atoms with van der Waals surface area (Å²) in [6.07, 6.45) is 5.33. The van der Waals surface area contributed by atoms with Gasteiger partial charge in [0.15, 0.2) is 0 Å². The standard InChI is InChI=1S/C50H46N2/c1-33-27-39(51(35-19-11-7-12-20-35)36-21-13-8-14-22-36)29-45-47(33)41-31-44-42(32-43(41)49(45,3)4)48-34(2)28-40(30-46(48)50(44,5)6)52(37-23-15-9-16-24-37)38-25-17-10-18-26-38/h7-32,41,43H,1-6H3. The molecule has 0 bridgehead atoms. The summed E-state index contributed by atoms with van der Waals surface area (Å²) in [5, 5.41) is 0. The molecular weight excluding hydrogens is 629 g/mol. The van der Waals surface area contributed by atoms with E-state index in [-0.39, 0.29) is 10.8 Å². The molecule has 0 saturated heterocycles. The number of aryl methyl sites for hydroxylation is 2. The van der Waals surface area contributed by atoms with Crippen molar-refractivity contribution in [1.82, 2.24) is 0 Å². The number of fused-ring (bicyclic) bond motifs is 6.